The van der Waals surface area contributed by atoms with Crippen molar-refractivity contribution in [3.8, 4) is 0 Å². The first kappa shape index (κ1) is 18.3. The topological polar surface area (TPSA) is 66.2 Å². The normalized spacial score (nSPS) is 20.3. The van der Waals surface area contributed by atoms with Crippen LogP contribution in [0, 0.1) is 0 Å². The maximum absolute atomic E-state index is 12.0. The van der Waals surface area contributed by atoms with Crippen LogP contribution in [0.5, 0.6) is 0 Å². The van der Waals surface area contributed by atoms with Crippen LogP contribution in [-0.4, -0.2) is 30.2 Å². The fraction of sp³-hybridized carbons (Fsp3) is 0.375. The van der Waals surface area contributed by atoms with E-state index >= 15 is 0 Å². The fourth-order valence-corrected chi connectivity index (χ4v) is 4.97. The molecule has 0 radical (unpaired) electrons. The van der Waals surface area contributed by atoms with Gasteiger partial charge in [0.05, 0.1) is 0 Å². The lowest BCUT2D eigenvalue weighted by atomic mass is 9.75. The minimum atomic E-state index is -0.367. The van der Waals surface area contributed by atoms with E-state index in [0.717, 1.165) is 24.9 Å². The molecule has 2 aliphatic rings. The SMILES string of the molecule is O=C(NCCc1[nH]c2cccc3c2c1C[C@H]1NCCC[C@H]31)OCc1ccccc1. The molecule has 0 saturated carbocycles. The number of carbonyl (C=O) groups is 1. The second-order valence-electron chi connectivity index (χ2n) is 8.10. The van der Waals surface area contributed by atoms with Crippen LogP contribution in [0.15, 0.2) is 48.5 Å². The van der Waals surface area contributed by atoms with Crippen molar-refractivity contribution < 1.29 is 9.53 Å². The highest BCUT2D eigenvalue weighted by atomic mass is 16.5. The van der Waals surface area contributed by atoms with Gasteiger partial charge in [0.2, 0.25) is 0 Å². The number of piperidine rings is 1. The first-order chi connectivity index (χ1) is 14.3. The smallest absolute Gasteiger partial charge is 0.407 e. The number of aromatic amines is 1. The van der Waals surface area contributed by atoms with Gasteiger partial charge in [0, 0.05) is 41.5 Å². The van der Waals surface area contributed by atoms with Crippen LogP contribution in [0.25, 0.3) is 10.9 Å². The monoisotopic (exact) mass is 389 g/mol. The molecule has 3 aromatic rings. The van der Waals surface area contributed by atoms with E-state index in [9.17, 15) is 4.79 Å². The number of H-pyrrole nitrogens is 1. The van der Waals surface area contributed by atoms with E-state index in [1.807, 2.05) is 30.3 Å². The third kappa shape index (κ3) is 3.62. The van der Waals surface area contributed by atoms with Gasteiger partial charge in [0.15, 0.2) is 0 Å². The van der Waals surface area contributed by atoms with Crippen molar-refractivity contribution in [2.24, 2.45) is 0 Å². The highest BCUT2D eigenvalue weighted by Crippen LogP contribution is 2.41. The van der Waals surface area contributed by atoms with Crippen LogP contribution in [0.2, 0.25) is 0 Å². The van der Waals surface area contributed by atoms with Gasteiger partial charge >= 0.3 is 6.09 Å². The number of hydrogen-bond acceptors (Lipinski definition) is 3. The molecule has 1 aliphatic heterocycles. The number of fused-ring (bicyclic) bond motifs is 2. The molecule has 2 heterocycles. The maximum Gasteiger partial charge on any atom is 0.407 e. The van der Waals surface area contributed by atoms with E-state index in [1.165, 1.54) is 40.6 Å². The number of rotatable bonds is 5. The van der Waals surface area contributed by atoms with Gasteiger partial charge in [-0.05, 0) is 48.6 Å². The highest BCUT2D eigenvalue weighted by molar-refractivity contribution is 5.89. The van der Waals surface area contributed by atoms with Gasteiger partial charge in [-0.3, -0.25) is 0 Å². The van der Waals surface area contributed by atoms with Crippen molar-refractivity contribution in [1.29, 1.82) is 0 Å². The molecule has 1 saturated heterocycles. The number of ether oxygens (including phenoxy) is 1. The lowest BCUT2D eigenvalue weighted by Crippen LogP contribution is -2.43. The highest BCUT2D eigenvalue weighted by Gasteiger charge is 2.34. The summed E-state index contributed by atoms with van der Waals surface area (Å²) in [6.45, 7) is 1.97. The molecule has 1 aliphatic carbocycles. The Morgan fingerprint density at radius 1 is 1.14 bits per heavy atom. The average molecular weight is 389 g/mol. The van der Waals surface area contributed by atoms with Crippen LogP contribution >= 0.6 is 0 Å². The summed E-state index contributed by atoms with van der Waals surface area (Å²) in [4.78, 5) is 15.7. The summed E-state index contributed by atoms with van der Waals surface area (Å²) < 4.78 is 5.31. The Kier molecular flexibility index (Phi) is 4.98. The summed E-state index contributed by atoms with van der Waals surface area (Å²) in [7, 11) is 0. The number of aromatic nitrogens is 1. The van der Waals surface area contributed by atoms with Crippen molar-refractivity contribution in [2.45, 2.75) is 44.2 Å². The number of benzene rings is 2. The Labute approximate surface area is 170 Å². The van der Waals surface area contributed by atoms with Crippen LogP contribution in [-0.2, 0) is 24.2 Å². The third-order valence-electron chi connectivity index (χ3n) is 6.31. The molecule has 0 bridgehead atoms. The summed E-state index contributed by atoms with van der Waals surface area (Å²) in [5, 5.41) is 8.03. The quantitative estimate of drug-likeness (QED) is 0.617. The minimum absolute atomic E-state index is 0.294. The molecule has 2 aromatic carbocycles. The molecular weight excluding hydrogens is 362 g/mol. The molecule has 1 amide bonds. The summed E-state index contributed by atoms with van der Waals surface area (Å²) in [5.74, 6) is 0.620. The molecule has 0 spiro atoms. The van der Waals surface area contributed by atoms with E-state index in [2.05, 4.69) is 33.8 Å². The molecule has 3 N–H and O–H groups in total. The van der Waals surface area contributed by atoms with Gasteiger partial charge in [0.25, 0.3) is 0 Å². The summed E-state index contributed by atoms with van der Waals surface area (Å²) in [6, 6.07) is 16.9. The zero-order valence-electron chi connectivity index (χ0n) is 16.5. The zero-order chi connectivity index (χ0) is 19.6. The van der Waals surface area contributed by atoms with Crippen molar-refractivity contribution in [3.63, 3.8) is 0 Å². The van der Waals surface area contributed by atoms with E-state index in [1.54, 1.807) is 0 Å². The second kappa shape index (κ2) is 7.91. The number of amides is 1. The Hall–Kier alpha value is -2.79. The van der Waals surface area contributed by atoms with E-state index in [-0.39, 0.29) is 6.09 Å². The third-order valence-corrected chi connectivity index (χ3v) is 6.31. The lowest BCUT2D eigenvalue weighted by Gasteiger charge is -2.37. The van der Waals surface area contributed by atoms with Crippen molar-refractivity contribution in [3.05, 3.63) is 70.9 Å². The number of carbonyl (C=O) groups excluding carboxylic acids is 1. The van der Waals surface area contributed by atoms with Crippen molar-refractivity contribution in [1.82, 2.24) is 15.6 Å². The number of hydrogen-bond donors (Lipinski definition) is 3. The van der Waals surface area contributed by atoms with Crippen LogP contribution in [0.4, 0.5) is 4.79 Å². The number of nitrogens with one attached hydrogen (secondary N) is 3. The average Bonchev–Trinajstić information content (AvgIpc) is 3.12. The Morgan fingerprint density at radius 3 is 2.93 bits per heavy atom. The van der Waals surface area contributed by atoms with Gasteiger partial charge in [0.1, 0.15) is 6.61 Å². The Balaban J connectivity index is 1.25. The summed E-state index contributed by atoms with van der Waals surface area (Å²) in [5.41, 5.74) is 6.36. The molecule has 5 rings (SSSR count). The standard InChI is InChI=1S/C24H27N3O2/c28-24(29-15-16-6-2-1-3-7-16)26-13-11-20-19-14-22-17(9-5-12-25-22)18-8-4-10-21(27-20)23(18)19/h1-4,6-8,10,17,22,25,27H,5,9,11-15H2,(H,26,28)/t17-,22-/m1/s1. The minimum Gasteiger partial charge on any atom is -0.445 e. The molecule has 5 heteroatoms. The van der Waals surface area contributed by atoms with Crippen LogP contribution in [0.1, 0.15) is 41.1 Å². The molecule has 29 heavy (non-hydrogen) atoms. The molecule has 1 aromatic heterocycles. The van der Waals surface area contributed by atoms with Gasteiger partial charge in [-0.15, -0.1) is 0 Å². The van der Waals surface area contributed by atoms with Gasteiger partial charge in [-0.25, -0.2) is 4.79 Å². The summed E-state index contributed by atoms with van der Waals surface area (Å²) in [6.07, 6.45) is 4.00. The van der Waals surface area contributed by atoms with Crippen LogP contribution in [0.3, 0.4) is 0 Å². The van der Waals surface area contributed by atoms with E-state index in [0.29, 0.717) is 25.1 Å². The second-order valence-corrected chi connectivity index (χ2v) is 8.10. The fourth-order valence-electron chi connectivity index (χ4n) is 4.97. The molecule has 2 atom stereocenters. The van der Waals surface area contributed by atoms with Crippen molar-refractivity contribution >= 4 is 17.0 Å². The molecule has 150 valence electrons. The van der Waals surface area contributed by atoms with Gasteiger partial charge < -0.3 is 20.4 Å². The van der Waals surface area contributed by atoms with Gasteiger partial charge in [-0.2, -0.15) is 0 Å². The Bertz CT molecular complexity index is 1010. The molecular formula is C24H27N3O2. The molecule has 0 unspecified atom stereocenters. The zero-order valence-corrected chi connectivity index (χ0v) is 16.5. The summed E-state index contributed by atoms with van der Waals surface area (Å²) >= 11 is 0. The Morgan fingerprint density at radius 2 is 2.03 bits per heavy atom. The largest absolute Gasteiger partial charge is 0.445 e. The van der Waals surface area contributed by atoms with E-state index < -0.39 is 0 Å². The lowest BCUT2D eigenvalue weighted by molar-refractivity contribution is 0.140. The first-order valence-corrected chi connectivity index (χ1v) is 10.6. The van der Waals surface area contributed by atoms with Gasteiger partial charge in [-0.1, -0.05) is 42.5 Å². The molecule has 5 nitrogen and oxygen atoms in total. The predicted octanol–water partition coefficient (Wildman–Crippen LogP) is 4.03. The first-order valence-electron chi connectivity index (χ1n) is 10.6. The predicted molar refractivity (Wildman–Crippen MR) is 114 cm³/mol. The maximum atomic E-state index is 12.0. The van der Waals surface area contributed by atoms with E-state index in [4.69, 9.17) is 4.74 Å². The number of alkyl carbamates (subject to hydrolysis) is 1. The van der Waals surface area contributed by atoms with Crippen LogP contribution < -0.4 is 10.6 Å². The molecule has 1 fully saturated rings. The van der Waals surface area contributed by atoms with Crippen molar-refractivity contribution in [2.75, 3.05) is 13.1 Å².